The predicted molar refractivity (Wildman–Crippen MR) is 70.8 cm³/mol. The Kier molecular flexibility index (Phi) is 3.77. The number of benzene rings is 1. The van der Waals surface area contributed by atoms with Gasteiger partial charge < -0.3 is 10.4 Å². The molecule has 6 nitrogen and oxygen atoms in total. The van der Waals surface area contributed by atoms with E-state index in [4.69, 9.17) is 5.11 Å². The van der Waals surface area contributed by atoms with E-state index in [1.165, 1.54) is 12.4 Å². The fraction of sp³-hybridized carbons (Fsp3) is 0.167. The second-order valence-electron chi connectivity index (χ2n) is 4.00. The first-order valence-electron chi connectivity index (χ1n) is 5.48. The van der Waals surface area contributed by atoms with Gasteiger partial charge in [0.25, 0.3) is 0 Å². The molecule has 1 aromatic heterocycles. The topological polar surface area (TPSA) is 92.2 Å². The zero-order chi connectivity index (χ0) is 13.9. The summed E-state index contributed by atoms with van der Waals surface area (Å²) in [5.41, 5.74) is 1.46. The maximum absolute atomic E-state index is 11.4. The van der Waals surface area contributed by atoms with Crippen LogP contribution in [0, 0.1) is 0 Å². The Balaban J connectivity index is 2.28. The number of nitrogens with zero attached hydrogens (tertiary/aromatic N) is 2. The lowest BCUT2D eigenvalue weighted by Crippen LogP contribution is -2.03. The Morgan fingerprint density at radius 2 is 2.05 bits per heavy atom. The lowest BCUT2D eigenvalue weighted by molar-refractivity contribution is 0.282. The Morgan fingerprint density at radius 3 is 2.74 bits per heavy atom. The molecule has 0 unspecified atom stereocenters. The van der Waals surface area contributed by atoms with Crippen LogP contribution in [-0.4, -0.2) is 29.7 Å². The summed E-state index contributed by atoms with van der Waals surface area (Å²) >= 11 is 0. The molecule has 1 aromatic carbocycles. The maximum atomic E-state index is 11.4. The zero-order valence-electron chi connectivity index (χ0n) is 10.2. The minimum atomic E-state index is -3.36. The van der Waals surface area contributed by atoms with Gasteiger partial charge in [0, 0.05) is 18.0 Å². The lowest BCUT2D eigenvalue weighted by Gasteiger charge is -2.07. The molecule has 1 heterocycles. The first-order chi connectivity index (χ1) is 8.99. The van der Waals surface area contributed by atoms with Crippen LogP contribution in [0.2, 0.25) is 0 Å². The molecule has 0 aliphatic heterocycles. The van der Waals surface area contributed by atoms with Crippen molar-refractivity contribution < 1.29 is 13.5 Å². The van der Waals surface area contributed by atoms with Crippen LogP contribution in [-0.2, 0) is 16.4 Å². The van der Waals surface area contributed by atoms with Crippen LogP contribution < -0.4 is 5.32 Å². The summed E-state index contributed by atoms with van der Waals surface area (Å²) in [7, 11) is -3.36. The Bertz CT molecular complexity index is 686. The standard InChI is InChI=1S/C12H13N3O3S/c1-19(17,18)12-6-11(13-8-14-12)15-10-4-2-3-9(5-10)7-16/h2-6,8,16H,7H2,1H3,(H,13,14,15). The SMILES string of the molecule is CS(=O)(=O)c1cc(Nc2cccc(CO)c2)ncn1. The molecule has 0 saturated carbocycles. The van der Waals surface area contributed by atoms with Crippen molar-refractivity contribution in [3.63, 3.8) is 0 Å². The van der Waals surface area contributed by atoms with Gasteiger partial charge in [-0.3, -0.25) is 0 Å². The Hall–Kier alpha value is -1.99. The maximum Gasteiger partial charge on any atom is 0.192 e. The molecule has 2 aromatic rings. The van der Waals surface area contributed by atoms with Gasteiger partial charge in [-0.05, 0) is 17.7 Å². The van der Waals surface area contributed by atoms with E-state index >= 15 is 0 Å². The van der Waals surface area contributed by atoms with Gasteiger partial charge in [0.1, 0.15) is 12.1 Å². The largest absolute Gasteiger partial charge is 0.392 e. The van der Waals surface area contributed by atoms with Crippen LogP contribution in [0.3, 0.4) is 0 Å². The van der Waals surface area contributed by atoms with Crippen molar-refractivity contribution in [3.05, 3.63) is 42.2 Å². The first-order valence-corrected chi connectivity index (χ1v) is 7.37. The minimum absolute atomic E-state index is 0.0386. The quantitative estimate of drug-likeness (QED) is 0.815. The lowest BCUT2D eigenvalue weighted by atomic mass is 10.2. The van der Waals surface area contributed by atoms with Gasteiger partial charge in [0.15, 0.2) is 14.9 Å². The van der Waals surface area contributed by atoms with Gasteiger partial charge in [-0.15, -0.1) is 0 Å². The molecule has 0 amide bonds. The first kappa shape index (κ1) is 13.4. The molecule has 0 fully saturated rings. The third-order valence-corrected chi connectivity index (χ3v) is 3.39. The van der Waals surface area contributed by atoms with Crippen LogP contribution in [0.25, 0.3) is 0 Å². The van der Waals surface area contributed by atoms with E-state index in [2.05, 4.69) is 15.3 Å². The summed E-state index contributed by atoms with van der Waals surface area (Å²) < 4.78 is 22.8. The van der Waals surface area contributed by atoms with Crippen molar-refractivity contribution in [2.45, 2.75) is 11.6 Å². The minimum Gasteiger partial charge on any atom is -0.392 e. The number of hydrogen-bond donors (Lipinski definition) is 2. The van der Waals surface area contributed by atoms with Crippen molar-refractivity contribution in [1.82, 2.24) is 9.97 Å². The van der Waals surface area contributed by atoms with Gasteiger partial charge in [-0.25, -0.2) is 18.4 Å². The van der Waals surface area contributed by atoms with Crippen LogP contribution in [0.4, 0.5) is 11.5 Å². The van der Waals surface area contributed by atoms with Gasteiger partial charge in [0.05, 0.1) is 6.61 Å². The van der Waals surface area contributed by atoms with Crippen LogP contribution in [0.5, 0.6) is 0 Å². The number of hydrogen-bond acceptors (Lipinski definition) is 6. The molecular formula is C12H13N3O3S. The number of nitrogens with one attached hydrogen (secondary N) is 1. The molecule has 7 heteroatoms. The number of aliphatic hydroxyl groups is 1. The number of aliphatic hydroxyl groups excluding tert-OH is 1. The third kappa shape index (κ3) is 3.49. The van der Waals surface area contributed by atoms with E-state index in [0.717, 1.165) is 11.8 Å². The van der Waals surface area contributed by atoms with Crippen LogP contribution >= 0.6 is 0 Å². The monoisotopic (exact) mass is 279 g/mol. The molecule has 0 atom stereocenters. The highest BCUT2D eigenvalue weighted by Crippen LogP contribution is 2.17. The number of anilines is 2. The molecule has 0 aliphatic rings. The van der Waals surface area contributed by atoms with Crippen molar-refractivity contribution in [1.29, 1.82) is 0 Å². The molecule has 0 spiro atoms. The van der Waals surface area contributed by atoms with E-state index in [0.29, 0.717) is 11.5 Å². The molecule has 2 rings (SSSR count). The highest BCUT2D eigenvalue weighted by atomic mass is 32.2. The Morgan fingerprint density at radius 1 is 1.26 bits per heavy atom. The van der Waals surface area contributed by atoms with Crippen molar-refractivity contribution in [3.8, 4) is 0 Å². The summed E-state index contributed by atoms with van der Waals surface area (Å²) in [6.45, 7) is -0.0616. The van der Waals surface area contributed by atoms with Gasteiger partial charge in [-0.2, -0.15) is 0 Å². The molecule has 19 heavy (non-hydrogen) atoms. The number of rotatable bonds is 4. The Labute approximate surface area is 111 Å². The molecule has 0 radical (unpaired) electrons. The van der Waals surface area contributed by atoms with E-state index in [1.807, 2.05) is 0 Å². The fourth-order valence-electron chi connectivity index (χ4n) is 1.51. The molecule has 0 aliphatic carbocycles. The molecule has 0 saturated heterocycles. The van der Waals surface area contributed by atoms with Crippen molar-refractivity contribution in [2.75, 3.05) is 11.6 Å². The summed E-state index contributed by atoms with van der Waals surface area (Å²) in [4.78, 5) is 7.66. The highest BCUT2D eigenvalue weighted by molar-refractivity contribution is 7.90. The van der Waals surface area contributed by atoms with Crippen LogP contribution in [0.1, 0.15) is 5.56 Å². The second-order valence-corrected chi connectivity index (χ2v) is 5.96. The number of sulfone groups is 1. The summed E-state index contributed by atoms with van der Waals surface area (Å²) in [5, 5.41) is 12.0. The van der Waals surface area contributed by atoms with E-state index in [1.54, 1.807) is 24.3 Å². The zero-order valence-corrected chi connectivity index (χ0v) is 11.1. The van der Waals surface area contributed by atoms with Crippen molar-refractivity contribution in [2.24, 2.45) is 0 Å². The predicted octanol–water partition coefficient (Wildman–Crippen LogP) is 1.12. The van der Waals surface area contributed by atoms with E-state index in [9.17, 15) is 8.42 Å². The van der Waals surface area contributed by atoms with Gasteiger partial charge in [0.2, 0.25) is 0 Å². The molecule has 0 bridgehead atoms. The van der Waals surface area contributed by atoms with Gasteiger partial charge >= 0.3 is 0 Å². The highest BCUT2D eigenvalue weighted by Gasteiger charge is 2.10. The van der Waals surface area contributed by atoms with Gasteiger partial charge in [-0.1, -0.05) is 12.1 Å². The summed E-state index contributed by atoms with van der Waals surface area (Å²) in [5.74, 6) is 0.380. The fourth-order valence-corrected chi connectivity index (χ4v) is 2.07. The molecule has 100 valence electrons. The van der Waals surface area contributed by atoms with Crippen LogP contribution in [0.15, 0.2) is 41.7 Å². The molecular weight excluding hydrogens is 266 g/mol. The second kappa shape index (κ2) is 5.33. The van der Waals surface area contributed by atoms with E-state index in [-0.39, 0.29) is 11.6 Å². The normalized spacial score (nSPS) is 11.3. The third-order valence-electron chi connectivity index (χ3n) is 2.40. The van der Waals surface area contributed by atoms with Crippen molar-refractivity contribution >= 4 is 21.3 Å². The average Bonchev–Trinajstić information content (AvgIpc) is 2.38. The number of aromatic nitrogens is 2. The average molecular weight is 279 g/mol. The molecule has 2 N–H and O–H groups in total. The summed E-state index contributed by atoms with van der Waals surface area (Å²) in [6, 6.07) is 8.48. The summed E-state index contributed by atoms with van der Waals surface area (Å²) in [6.07, 6.45) is 2.28. The smallest absolute Gasteiger partial charge is 0.192 e. The van der Waals surface area contributed by atoms with E-state index < -0.39 is 9.84 Å².